The van der Waals surface area contributed by atoms with Gasteiger partial charge in [-0.2, -0.15) is 0 Å². The third kappa shape index (κ3) is 4.42. The minimum atomic E-state index is -2.53. The Morgan fingerprint density at radius 1 is 1.12 bits per heavy atom. The first-order valence-electron chi connectivity index (χ1n) is 11.3. The molecule has 1 N–H and O–H groups in total. The van der Waals surface area contributed by atoms with Crippen molar-refractivity contribution in [2.24, 2.45) is 11.8 Å². The molecule has 2 unspecified atom stereocenters. The Bertz CT molecular complexity index is 1150. The van der Waals surface area contributed by atoms with E-state index < -0.39 is 6.43 Å². The molecule has 1 amide bonds. The maximum Gasteiger partial charge on any atom is 0.263 e. The third-order valence-electron chi connectivity index (χ3n) is 6.56. The fraction of sp³-hybridized carbons (Fsp3) is 0.435. The monoisotopic (exact) mass is 469 g/mol. The zero-order valence-electron chi connectivity index (χ0n) is 18.7. The predicted octanol–water partition coefficient (Wildman–Crippen LogP) is 2.84. The second kappa shape index (κ2) is 9.32. The van der Waals surface area contributed by atoms with Gasteiger partial charge in [0.15, 0.2) is 5.82 Å². The molecule has 34 heavy (non-hydrogen) atoms. The van der Waals surface area contributed by atoms with E-state index >= 15 is 0 Å². The molecule has 2 fully saturated rings. The van der Waals surface area contributed by atoms with Gasteiger partial charge in [-0.1, -0.05) is 17.3 Å². The average molecular weight is 469 g/mol. The number of hydrogen-bond acceptors (Lipinski definition) is 7. The van der Waals surface area contributed by atoms with Crippen molar-refractivity contribution in [2.75, 3.05) is 24.5 Å². The number of hydrogen-bond donors (Lipinski definition) is 1. The van der Waals surface area contributed by atoms with Crippen molar-refractivity contribution in [3.63, 3.8) is 0 Å². The van der Waals surface area contributed by atoms with E-state index in [1.807, 2.05) is 6.07 Å². The minimum Gasteiger partial charge on any atom is -0.470 e. The van der Waals surface area contributed by atoms with Crippen LogP contribution in [0.5, 0.6) is 5.88 Å². The molecule has 5 rings (SSSR count). The van der Waals surface area contributed by atoms with Crippen LogP contribution in [0.1, 0.15) is 36.2 Å². The first-order chi connectivity index (χ1) is 16.5. The van der Waals surface area contributed by atoms with Crippen molar-refractivity contribution >= 4 is 11.7 Å². The number of anilines is 1. The number of nitrogens with one attached hydrogen (secondary N) is 1. The van der Waals surface area contributed by atoms with Crippen molar-refractivity contribution < 1.29 is 18.3 Å². The van der Waals surface area contributed by atoms with Crippen LogP contribution in [-0.4, -0.2) is 50.7 Å². The maximum atomic E-state index is 12.8. The second-order valence-corrected chi connectivity index (χ2v) is 8.62. The van der Waals surface area contributed by atoms with Crippen LogP contribution >= 0.6 is 0 Å². The van der Waals surface area contributed by atoms with Crippen LogP contribution in [0.2, 0.25) is 0 Å². The SMILES string of the molecule is Cc1nnn(-c2ccc(C(F)F)cc2)c1COc1ccc(N2CCC3CCNC(=O)C3C2)nn1. The van der Waals surface area contributed by atoms with Crippen LogP contribution in [-0.2, 0) is 11.4 Å². The van der Waals surface area contributed by atoms with E-state index in [0.717, 1.165) is 25.9 Å². The van der Waals surface area contributed by atoms with Crippen molar-refractivity contribution in [3.05, 3.63) is 53.3 Å². The van der Waals surface area contributed by atoms with Gasteiger partial charge in [0.25, 0.3) is 6.43 Å². The zero-order chi connectivity index (χ0) is 23.7. The number of piperidine rings is 2. The first-order valence-corrected chi connectivity index (χ1v) is 11.3. The van der Waals surface area contributed by atoms with Crippen molar-refractivity contribution in [3.8, 4) is 11.6 Å². The molecule has 0 bridgehead atoms. The number of aryl methyl sites for hydroxylation is 1. The Balaban J connectivity index is 1.24. The predicted molar refractivity (Wildman–Crippen MR) is 119 cm³/mol. The lowest BCUT2D eigenvalue weighted by Crippen LogP contribution is -2.52. The van der Waals surface area contributed by atoms with E-state index in [1.54, 1.807) is 29.8 Å². The summed E-state index contributed by atoms with van der Waals surface area (Å²) in [6, 6.07) is 9.47. The number of amides is 1. The van der Waals surface area contributed by atoms with E-state index in [9.17, 15) is 13.6 Å². The number of nitrogens with zero attached hydrogens (tertiary/aromatic N) is 6. The summed E-state index contributed by atoms with van der Waals surface area (Å²) < 4.78 is 33.1. The van der Waals surface area contributed by atoms with Gasteiger partial charge >= 0.3 is 0 Å². The summed E-state index contributed by atoms with van der Waals surface area (Å²) in [5.74, 6) is 1.61. The van der Waals surface area contributed by atoms with E-state index in [-0.39, 0.29) is 24.0 Å². The van der Waals surface area contributed by atoms with E-state index in [2.05, 4.69) is 30.7 Å². The number of halogens is 2. The summed E-state index contributed by atoms with van der Waals surface area (Å²) in [6.07, 6.45) is -0.529. The molecular weight excluding hydrogens is 444 g/mol. The van der Waals surface area contributed by atoms with Gasteiger partial charge in [-0.25, -0.2) is 13.5 Å². The van der Waals surface area contributed by atoms with E-state index in [0.29, 0.717) is 41.2 Å². The number of alkyl halides is 2. The number of fused-ring (bicyclic) bond motifs is 1. The van der Waals surface area contributed by atoms with Crippen LogP contribution < -0.4 is 15.0 Å². The number of rotatable bonds is 6. The molecule has 1 aromatic carbocycles. The molecular formula is C23H25F2N7O2. The summed E-state index contributed by atoms with van der Waals surface area (Å²) in [5, 5.41) is 19.6. The molecule has 0 spiro atoms. The highest BCUT2D eigenvalue weighted by Crippen LogP contribution is 2.31. The summed E-state index contributed by atoms with van der Waals surface area (Å²) >= 11 is 0. The van der Waals surface area contributed by atoms with Gasteiger partial charge in [-0.05, 0) is 43.9 Å². The lowest BCUT2D eigenvalue weighted by Gasteiger charge is -2.40. The number of ether oxygens (including phenoxy) is 1. The molecule has 2 aliphatic heterocycles. The van der Waals surface area contributed by atoms with Crippen LogP contribution in [0.25, 0.3) is 5.69 Å². The van der Waals surface area contributed by atoms with Gasteiger partial charge in [-0.15, -0.1) is 15.3 Å². The lowest BCUT2D eigenvalue weighted by molar-refractivity contribution is -0.129. The largest absolute Gasteiger partial charge is 0.470 e. The Kier molecular flexibility index (Phi) is 6.08. The van der Waals surface area contributed by atoms with Gasteiger partial charge < -0.3 is 15.0 Å². The molecule has 0 radical (unpaired) electrons. The Morgan fingerprint density at radius 3 is 2.68 bits per heavy atom. The van der Waals surface area contributed by atoms with Crippen molar-refractivity contribution in [2.45, 2.75) is 32.8 Å². The van der Waals surface area contributed by atoms with Gasteiger partial charge in [0.1, 0.15) is 12.3 Å². The second-order valence-electron chi connectivity index (χ2n) is 8.62. The van der Waals surface area contributed by atoms with E-state index in [1.165, 1.54) is 12.1 Å². The normalized spacial score (nSPS) is 20.2. The molecule has 4 heterocycles. The Hall–Kier alpha value is -3.63. The van der Waals surface area contributed by atoms with Gasteiger partial charge in [-0.3, -0.25) is 4.79 Å². The number of aromatic nitrogens is 5. The number of carbonyl (C=O) groups excluding carboxylic acids is 1. The Labute approximate surface area is 195 Å². The first kappa shape index (κ1) is 22.2. The fourth-order valence-electron chi connectivity index (χ4n) is 4.57. The zero-order valence-corrected chi connectivity index (χ0v) is 18.7. The van der Waals surface area contributed by atoms with Crippen LogP contribution in [0.15, 0.2) is 36.4 Å². The number of carbonyl (C=O) groups is 1. The third-order valence-corrected chi connectivity index (χ3v) is 6.56. The molecule has 2 atom stereocenters. The highest BCUT2D eigenvalue weighted by Gasteiger charge is 2.37. The minimum absolute atomic E-state index is 0.00857. The summed E-state index contributed by atoms with van der Waals surface area (Å²) in [6.45, 7) is 4.19. The molecule has 0 aliphatic carbocycles. The van der Waals surface area contributed by atoms with Crippen LogP contribution in [0.3, 0.4) is 0 Å². The highest BCUT2D eigenvalue weighted by molar-refractivity contribution is 5.80. The van der Waals surface area contributed by atoms with Gasteiger partial charge in [0.2, 0.25) is 11.8 Å². The molecule has 0 saturated carbocycles. The fourth-order valence-corrected chi connectivity index (χ4v) is 4.57. The standard InChI is InChI=1S/C23H25F2N7O2/c1-14-19(32(30-27-14)17-4-2-16(3-5-17)22(24)25)13-34-21-7-6-20(28-29-21)31-11-9-15-8-10-26-23(33)18(15)12-31/h2-7,15,18,22H,8-13H2,1H3,(H,26,33). The summed E-state index contributed by atoms with van der Waals surface area (Å²) in [7, 11) is 0. The van der Waals surface area contributed by atoms with Gasteiger partial charge in [0.05, 0.1) is 17.3 Å². The molecule has 2 saturated heterocycles. The highest BCUT2D eigenvalue weighted by atomic mass is 19.3. The summed E-state index contributed by atoms with van der Waals surface area (Å²) in [4.78, 5) is 14.3. The molecule has 2 aromatic heterocycles. The van der Waals surface area contributed by atoms with Crippen LogP contribution in [0.4, 0.5) is 14.6 Å². The van der Waals surface area contributed by atoms with Crippen molar-refractivity contribution in [1.82, 2.24) is 30.5 Å². The molecule has 2 aliphatic rings. The molecule has 11 heteroatoms. The summed E-state index contributed by atoms with van der Waals surface area (Å²) in [5.41, 5.74) is 1.90. The van der Waals surface area contributed by atoms with Gasteiger partial charge in [0, 0.05) is 31.3 Å². The van der Waals surface area contributed by atoms with E-state index in [4.69, 9.17) is 4.74 Å². The Morgan fingerprint density at radius 2 is 1.94 bits per heavy atom. The lowest BCUT2D eigenvalue weighted by atomic mass is 9.80. The molecule has 3 aromatic rings. The van der Waals surface area contributed by atoms with Crippen molar-refractivity contribution in [1.29, 1.82) is 0 Å². The molecule has 178 valence electrons. The number of benzene rings is 1. The quantitative estimate of drug-likeness (QED) is 0.593. The van der Waals surface area contributed by atoms with Crippen LogP contribution in [0, 0.1) is 18.8 Å². The molecule has 9 nitrogen and oxygen atoms in total. The topological polar surface area (TPSA) is 98.1 Å². The smallest absolute Gasteiger partial charge is 0.263 e. The maximum absolute atomic E-state index is 12.8. The average Bonchev–Trinajstić information content (AvgIpc) is 3.23.